The third-order valence-corrected chi connectivity index (χ3v) is 4.54. The molecule has 2 unspecified atom stereocenters. The predicted molar refractivity (Wildman–Crippen MR) is 84.0 cm³/mol. The van der Waals surface area contributed by atoms with Crippen LogP contribution in [0.2, 0.25) is 0 Å². The average molecular weight is 354 g/mol. The summed E-state index contributed by atoms with van der Waals surface area (Å²) in [6.45, 7) is 2.59. The second-order valence-electron chi connectivity index (χ2n) is 5.70. The topological polar surface area (TPSA) is 57.6 Å². The van der Waals surface area contributed by atoms with Gasteiger partial charge in [0.2, 0.25) is 5.91 Å². The second kappa shape index (κ2) is 7.07. The molecule has 0 radical (unpaired) electrons. The Hall–Kier alpha value is -1.36. The van der Waals surface area contributed by atoms with Gasteiger partial charge in [-0.1, -0.05) is 35.0 Å². The molecule has 0 aliphatic carbocycles. The lowest BCUT2D eigenvalue weighted by Crippen LogP contribution is -2.49. The number of piperidine rings is 1. The Morgan fingerprint density at radius 1 is 1.33 bits per heavy atom. The van der Waals surface area contributed by atoms with E-state index < -0.39 is 12.0 Å². The molecule has 21 heavy (non-hydrogen) atoms. The zero-order valence-electron chi connectivity index (χ0n) is 12.1. The Morgan fingerprint density at radius 2 is 2.00 bits per heavy atom. The molecule has 1 amide bonds. The molecule has 2 rings (SSSR count). The van der Waals surface area contributed by atoms with Gasteiger partial charge in [-0.2, -0.15) is 0 Å². The number of halogens is 1. The summed E-state index contributed by atoms with van der Waals surface area (Å²) in [6.07, 6.45) is 2.44. The predicted octanol–water partition coefficient (Wildman–Crippen LogP) is 3.09. The van der Waals surface area contributed by atoms with Crippen LogP contribution >= 0.6 is 15.9 Å². The lowest BCUT2D eigenvalue weighted by molar-refractivity contribution is -0.153. The zero-order valence-corrected chi connectivity index (χ0v) is 13.7. The van der Waals surface area contributed by atoms with Crippen molar-refractivity contribution in [2.24, 2.45) is 5.92 Å². The normalized spacial score (nSPS) is 22.1. The van der Waals surface area contributed by atoms with Crippen molar-refractivity contribution >= 4 is 27.8 Å². The van der Waals surface area contributed by atoms with Crippen molar-refractivity contribution in [3.8, 4) is 0 Å². The molecular weight excluding hydrogens is 334 g/mol. The molecule has 1 heterocycles. The molecule has 1 N–H and O–H groups in total. The van der Waals surface area contributed by atoms with Crippen LogP contribution in [0.4, 0.5) is 0 Å². The Balaban J connectivity index is 1.95. The highest BCUT2D eigenvalue weighted by Gasteiger charge is 2.34. The SMILES string of the molecule is CC1CCN(C(=O)CCc2ccc(Br)cc2)C(C(=O)O)C1. The fourth-order valence-corrected chi connectivity index (χ4v) is 2.98. The van der Waals surface area contributed by atoms with Crippen LogP contribution in [0.25, 0.3) is 0 Å². The first kappa shape index (κ1) is 16.0. The molecule has 0 bridgehead atoms. The quantitative estimate of drug-likeness (QED) is 0.904. The molecular formula is C16H20BrNO3. The Kier molecular flexibility index (Phi) is 5.39. The van der Waals surface area contributed by atoms with Gasteiger partial charge >= 0.3 is 5.97 Å². The molecule has 0 aromatic heterocycles. The third kappa shape index (κ3) is 4.30. The van der Waals surface area contributed by atoms with E-state index in [0.29, 0.717) is 31.7 Å². The minimum absolute atomic E-state index is 0.0581. The van der Waals surface area contributed by atoms with E-state index in [0.717, 1.165) is 16.5 Å². The molecule has 1 aliphatic rings. The second-order valence-corrected chi connectivity index (χ2v) is 6.61. The number of benzene rings is 1. The zero-order chi connectivity index (χ0) is 15.4. The van der Waals surface area contributed by atoms with E-state index in [-0.39, 0.29) is 5.91 Å². The molecule has 4 nitrogen and oxygen atoms in total. The summed E-state index contributed by atoms with van der Waals surface area (Å²) in [7, 11) is 0. The van der Waals surface area contributed by atoms with Crippen LogP contribution in [0.5, 0.6) is 0 Å². The first-order valence-corrected chi connectivity index (χ1v) is 8.03. The lowest BCUT2D eigenvalue weighted by Gasteiger charge is -2.36. The fourth-order valence-electron chi connectivity index (χ4n) is 2.72. The van der Waals surface area contributed by atoms with E-state index in [1.54, 1.807) is 4.90 Å². The first-order valence-electron chi connectivity index (χ1n) is 7.24. The number of rotatable bonds is 4. The summed E-state index contributed by atoms with van der Waals surface area (Å²) < 4.78 is 1.01. The van der Waals surface area contributed by atoms with E-state index in [4.69, 9.17) is 0 Å². The molecule has 0 spiro atoms. The molecule has 1 aromatic carbocycles. The van der Waals surface area contributed by atoms with Gasteiger partial charge < -0.3 is 10.0 Å². The monoisotopic (exact) mass is 353 g/mol. The van der Waals surface area contributed by atoms with Crippen molar-refractivity contribution in [2.45, 2.75) is 38.6 Å². The Labute approximate surface area is 133 Å². The van der Waals surface area contributed by atoms with E-state index >= 15 is 0 Å². The van der Waals surface area contributed by atoms with Crippen molar-refractivity contribution in [2.75, 3.05) is 6.54 Å². The van der Waals surface area contributed by atoms with E-state index in [1.807, 2.05) is 31.2 Å². The molecule has 1 fully saturated rings. The van der Waals surface area contributed by atoms with Crippen LogP contribution in [-0.4, -0.2) is 34.5 Å². The molecule has 1 aliphatic heterocycles. The van der Waals surface area contributed by atoms with Crippen molar-refractivity contribution in [3.63, 3.8) is 0 Å². The number of carbonyl (C=O) groups is 2. The highest BCUT2D eigenvalue weighted by Crippen LogP contribution is 2.23. The van der Waals surface area contributed by atoms with E-state index in [1.165, 1.54) is 0 Å². The number of carbonyl (C=O) groups excluding carboxylic acids is 1. The molecule has 0 saturated carbocycles. The summed E-state index contributed by atoms with van der Waals surface area (Å²) in [5.41, 5.74) is 1.09. The van der Waals surface area contributed by atoms with Crippen LogP contribution in [0.3, 0.4) is 0 Å². The maximum Gasteiger partial charge on any atom is 0.326 e. The summed E-state index contributed by atoms with van der Waals surface area (Å²) in [6, 6.07) is 7.19. The third-order valence-electron chi connectivity index (χ3n) is 4.01. The first-order chi connectivity index (χ1) is 9.97. The lowest BCUT2D eigenvalue weighted by atomic mass is 9.92. The Morgan fingerprint density at radius 3 is 2.62 bits per heavy atom. The highest BCUT2D eigenvalue weighted by atomic mass is 79.9. The fraction of sp³-hybridized carbons (Fsp3) is 0.500. The number of hydrogen-bond acceptors (Lipinski definition) is 2. The van der Waals surface area contributed by atoms with Gasteiger partial charge in [0.1, 0.15) is 6.04 Å². The molecule has 114 valence electrons. The summed E-state index contributed by atoms with van der Waals surface area (Å²) >= 11 is 3.38. The maximum absolute atomic E-state index is 12.3. The number of aliphatic carboxylic acids is 1. The largest absolute Gasteiger partial charge is 0.480 e. The van der Waals surface area contributed by atoms with Gasteiger partial charge in [0.25, 0.3) is 0 Å². The molecule has 5 heteroatoms. The van der Waals surface area contributed by atoms with Gasteiger partial charge in [-0.3, -0.25) is 4.79 Å². The van der Waals surface area contributed by atoms with Crippen LogP contribution in [0, 0.1) is 5.92 Å². The van der Waals surface area contributed by atoms with Gasteiger partial charge in [0.15, 0.2) is 0 Å². The van der Waals surface area contributed by atoms with Crippen LogP contribution < -0.4 is 0 Å². The standard InChI is InChI=1S/C16H20BrNO3/c1-11-8-9-18(14(10-11)16(20)21)15(19)7-4-12-2-5-13(17)6-3-12/h2-3,5-6,11,14H,4,7-10H2,1H3,(H,20,21). The van der Waals surface area contributed by atoms with Gasteiger partial charge in [0, 0.05) is 17.4 Å². The summed E-state index contributed by atoms with van der Waals surface area (Å²) in [5.74, 6) is -0.586. The van der Waals surface area contributed by atoms with Gasteiger partial charge in [-0.25, -0.2) is 4.79 Å². The minimum Gasteiger partial charge on any atom is -0.480 e. The van der Waals surface area contributed by atoms with Crippen molar-refractivity contribution < 1.29 is 14.7 Å². The minimum atomic E-state index is -0.890. The number of carboxylic acids is 1. The van der Waals surface area contributed by atoms with E-state index in [2.05, 4.69) is 15.9 Å². The van der Waals surface area contributed by atoms with Crippen LogP contribution in [0.1, 0.15) is 31.7 Å². The maximum atomic E-state index is 12.3. The van der Waals surface area contributed by atoms with Crippen molar-refractivity contribution in [1.29, 1.82) is 0 Å². The van der Waals surface area contributed by atoms with Gasteiger partial charge in [0.05, 0.1) is 0 Å². The summed E-state index contributed by atoms with van der Waals surface area (Å²) in [4.78, 5) is 25.2. The number of likely N-dealkylation sites (tertiary alicyclic amines) is 1. The smallest absolute Gasteiger partial charge is 0.326 e. The molecule has 1 aromatic rings. The number of carboxylic acid groups (broad SMARTS) is 1. The van der Waals surface area contributed by atoms with Crippen molar-refractivity contribution in [1.82, 2.24) is 4.90 Å². The highest BCUT2D eigenvalue weighted by molar-refractivity contribution is 9.10. The van der Waals surface area contributed by atoms with Crippen LogP contribution in [-0.2, 0) is 16.0 Å². The van der Waals surface area contributed by atoms with E-state index in [9.17, 15) is 14.7 Å². The number of aryl methyl sites for hydroxylation is 1. The molecule has 2 atom stereocenters. The van der Waals surface area contributed by atoms with Crippen LogP contribution in [0.15, 0.2) is 28.7 Å². The number of hydrogen-bond donors (Lipinski definition) is 1. The van der Waals surface area contributed by atoms with Crippen molar-refractivity contribution in [3.05, 3.63) is 34.3 Å². The average Bonchev–Trinajstić information content (AvgIpc) is 2.46. The summed E-state index contributed by atoms with van der Waals surface area (Å²) in [5, 5.41) is 9.29. The molecule has 1 saturated heterocycles. The Bertz CT molecular complexity index is 515. The number of amides is 1. The van der Waals surface area contributed by atoms with Gasteiger partial charge in [-0.05, 0) is 42.9 Å². The number of nitrogens with zero attached hydrogens (tertiary/aromatic N) is 1. The van der Waals surface area contributed by atoms with Gasteiger partial charge in [-0.15, -0.1) is 0 Å².